The molecule has 6 nitrogen and oxygen atoms in total. The van der Waals surface area contributed by atoms with E-state index in [-0.39, 0.29) is 29.7 Å². The normalized spacial score (nSPS) is 17.0. The summed E-state index contributed by atoms with van der Waals surface area (Å²) in [6.07, 6.45) is 0. The number of hydrogen-bond donors (Lipinski definition) is 2. The summed E-state index contributed by atoms with van der Waals surface area (Å²) < 4.78 is 14.3. The van der Waals surface area contributed by atoms with Crippen LogP contribution in [0, 0.1) is 5.82 Å². The largest absolute Gasteiger partial charge is 0.348 e. The first kappa shape index (κ1) is 23.4. The average molecular weight is 491 g/mol. The van der Waals surface area contributed by atoms with Crippen LogP contribution in [-0.2, 0) is 9.59 Å². The van der Waals surface area contributed by atoms with Crippen molar-refractivity contribution in [1.29, 1.82) is 0 Å². The van der Waals surface area contributed by atoms with Gasteiger partial charge < -0.3 is 10.6 Å². The predicted octanol–water partition coefficient (Wildman–Crippen LogP) is 3.41. The fraction of sp³-hybridized carbons (Fsp3) is 0.391. The van der Waals surface area contributed by atoms with Crippen molar-refractivity contribution in [1.82, 2.24) is 15.1 Å². The van der Waals surface area contributed by atoms with Crippen molar-refractivity contribution in [3.05, 3.63) is 64.4 Å². The minimum atomic E-state index is -0.383. The highest BCUT2D eigenvalue weighted by Crippen LogP contribution is 2.17. The molecule has 0 spiro atoms. The summed E-state index contributed by atoms with van der Waals surface area (Å²) in [4.78, 5) is 29.1. The lowest BCUT2D eigenvalue weighted by Gasteiger charge is -2.37. The fourth-order valence-electron chi connectivity index (χ4n) is 3.61. The van der Waals surface area contributed by atoms with Crippen LogP contribution in [0.25, 0.3) is 0 Å². The van der Waals surface area contributed by atoms with Crippen molar-refractivity contribution in [3.8, 4) is 0 Å². The van der Waals surface area contributed by atoms with Crippen LogP contribution < -0.4 is 10.6 Å². The maximum Gasteiger partial charge on any atom is 0.241 e. The molecule has 2 amide bonds. The van der Waals surface area contributed by atoms with Crippen molar-refractivity contribution >= 4 is 33.4 Å². The SMILES string of the molecule is CC(NC(=O)CN1CCN(C(C)C(=O)Nc2cccc(F)c2)CC1)c1ccc(Br)cc1. The average Bonchev–Trinajstić information content (AvgIpc) is 2.74. The van der Waals surface area contributed by atoms with Gasteiger partial charge >= 0.3 is 0 Å². The Balaban J connectivity index is 1.42. The molecule has 1 aliphatic heterocycles. The van der Waals surface area contributed by atoms with Crippen molar-refractivity contribution in [3.63, 3.8) is 0 Å². The number of nitrogens with one attached hydrogen (secondary N) is 2. The van der Waals surface area contributed by atoms with Gasteiger partial charge in [0.25, 0.3) is 0 Å². The molecule has 1 aliphatic rings. The van der Waals surface area contributed by atoms with Crippen LogP contribution in [-0.4, -0.2) is 60.4 Å². The molecule has 2 unspecified atom stereocenters. The number of anilines is 1. The second-order valence-electron chi connectivity index (χ2n) is 7.83. The number of carbonyl (C=O) groups is 2. The minimum absolute atomic E-state index is 0.0132. The first-order chi connectivity index (χ1) is 14.8. The molecule has 8 heteroatoms. The highest BCUT2D eigenvalue weighted by molar-refractivity contribution is 9.10. The predicted molar refractivity (Wildman–Crippen MR) is 123 cm³/mol. The van der Waals surface area contributed by atoms with Gasteiger partial charge in [0.1, 0.15) is 5.82 Å². The number of halogens is 2. The standard InChI is InChI=1S/C23H28BrFN4O2/c1-16(18-6-8-19(24)9-7-18)26-22(30)15-28-10-12-29(13-11-28)17(2)23(31)27-21-5-3-4-20(25)14-21/h3-9,14,16-17H,10-13,15H2,1-2H3,(H,26,30)(H,27,31). The monoisotopic (exact) mass is 490 g/mol. The van der Waals surface area contributed by atoms with E-state index in [0.29, 0.717) is 38.4 Å². The van der Waals surface area contributed by atoms with E-state index in [0.717, 1.165) is 10.0 Å². The van der Waals surface area contributed by atoms with E-state index < -0.39 is 0 Å². The third kappa shape index (κ3) is 6.85. The Kier molecular flexibility index (Phi) is 8.17. The summed E-state index contributed by atoms with van der Waals surface area (Å²) in [6.45, 7) is 6.93. The van der Waals surface area contributed by atoms with E-state index in [2.05, 4.69) is 36.4 Å². The molecule has 0 bridgehead atoms. The summed E-state index contributed by atoms with van der Waals surface area (Å²) in [5.41, 5.74) is 1.51. The smallest absolute Gasteiger partial charge is 0.241 e. The van der Waals surface area contributed by atoms with Crippen LogP contribution in [0.1, 0.15) is 25.5 Å². The number of nitrogens with zero attached hydrogens (tertiary/aromatic N) is 2. The Morgan fingerprint density at radius 3 is 2.39 bits per heavy atom. The van der Waals surface area contributed by atoms with Gasteiger partial charge in [0.2, 0.25) is 11.8 Å². The van der Waals surface area contributed by atoms with Gasteiger partial charge in [-0.05, 0) is 49.7 Å². The lowest BCUT2D eigenvalue weighted by Crippen LogP contribution is -2.54. The molecule has 3 rings (SSSR count). The molecule has 2 aromatic rings. The van der Waals surface area contributed by atoms with E-state index in [9.17, 15) is 14.0 Å². The van der Waals surface area contributed by atoms with E-state index in [1.807, 2.05) is 38.1 Å². The molecule has 0 radical (unpaired) electrons. The molecule has 2 atom stereocenters. The number of benzene rings is 2. The van der Waals surface area contributed by atoms with E-state index in [1.54, 1.807) is 12.1 Å². The van der Waals surface area contributed by atoms with Crippen LogP contribution in [0.5, 0.6) is 0 Å². The zero-order valence-corrected chi connectivity index (χ0v) is 19.4. The van der Waals surface area contributed by atoms with Crippen LogP contribution in [0.4, 0.5) is 10.1 Å². The van der Waals surface area contributed by atoms with Gasteiger partial charge in [-0.3, -0.25) is 19.4 Å². The van der Waals surface area contributed by atoms with Crippen molar-refractivity contribution in [2.75, 3.05) is 38.0 Å². The Hall–Kier alpha value is -2.29. The molecule has 2 aromatic carbocycles. The summed E-state index contributed by atoms with van der Waals surface area (Å²) in [5.74, 6) is -0.562. The summed E-state index contributed by atoms with van der Waals surface area (Å²) in [5, 5.41) is 5.81. The molecule has 166 valence electrons. The van der Waals surface area contributed by atoms with Gasteiger partial charge in [0, 0.05) is 36.3 Å². The Labute approximate surface area is 190 Å². The van der Waals surface area contributed by atoms with Gasteiger partial charge in [0.15, 0.2) is 0 Å². The van der Waals surface area contributed by atoms with E-state index in [4.69, 9.17) is 0 Å². The number of amides is 2. The van der Waals surface area contributed by atoms with Crippen molar-refractivity contribution < 1.29 is 14.0 Å². The number of rotatable bonds is 7. The maximum atomic E-state index is 13.3. The maximum absolute atomic E-state index is 13.3. The van der Waals surface area contributed by atoms with Crippen LogP contribution in [0.3, 0.4) is 0 Å². The first-order valence-electron chi connectivity index (χ1n) is 10.4. The molecule has 1 saturated heterocycles. The Morgan fingerprint density at radius 2 is 1.74 bits per heavy atom. The van der Waals surface area contributed by atoms with Crippen LogP contribution >= 0.6 is 15.9 Å². The zero-order valence-electron chi connectivity index (χ0n) is 17.8. The van der Waals surface area contributed by atoms with Gasteiger partial charge in [-0.15, -0.1) is 0 Å². The van der Waals surface area contributed by atoms with Gasteiger partial charge in [-0.1, -0.05) is 34.1 Å². The zero-order chi connectivity index (χ0) is 22.4. The molecular weight excluding hydrogens is 463 g/mol. The summed E-state index contributed by atoms with van der Waals surface area (Å²) in [7, 11) is 0. The molecule has 1 fully saturated rings. The second-order valence-corrected chi connectivity index (χ2v) is 8.74. The highest BCUT2D eigenvalue weighted by atomic mass is 79.9. The van der Waals surface area contributed by atoms with Gasteiger partial charge in [-0.25, -0.2) is 4.39 Å². The number of piperazine rings is 1. The Bertz CT molecular complexity index is 901. The fourth-order valence-corrected chi connectivity index (χ4v) is 3.88. The van der Waals surface area contributed by atoms with Crippen LogP contribution in [0.15, 0.2) is 53.0 Å². The highest BCUT2D eigenvalue weighted by Gasteiger charge is 2.26. The molecule has 2 N–H and O–H groups in total. The second kappa shape index (κ2) is 10.8. The molecule has 0 saturated carbocycles. The van der Waals surface area contributed by atoms with Gasteiger partial charge in [0.05, 0.1) is 18.6 Å². The lowest BCUT2D eigenvalue weighted by molar-refractivity contribution is -0.125. The number of hydrogen-bond acceptors (Lipinski definition) is 4. The minimum Gasteiger partial charge on any atom is -0.348 e. The molecule has 31 heavy (non-hydrogen) atoms. The van der Waals surface area contributed by atoms with Crippen molar-refractivity contribution in [2.24, 2.45) is 0 Å². The summed E-state index contributed by atoms with van der Waals surface area (Å²) >= 11 is 3.42. The molecular formula is C23H28BrFN4O2. The third-order valence-electron chi connectivity index (χ3n) is 5.54. The van der Waals surface area contributed by atoms with E-state index in [1.165, 1.54) is 12.1 Å². The molecule has 0 aromatic heterocycles. The topological polar surface area (TPSA) is 64.7 Å². The third-order valence-corrected chi connectivity index (χ3v) is 6.07. The van der Waals surface area contributed by atoms with E-state index >= 15 is 0 Å². The quantitative estimate of drug-likeness (QED) is 0.624. The summed E-state index contributed by atoms with van der Waals surface area (Å²) in [6, 6.07) is 13.4. The lowest BCUT2D eigenvalue weighted by atomic mass is 10.1. The van der Waals surface area contributed by atoms with Gasteiger partial charge in [-0.2, -0.15) is 0 Å². The molecule has 1 heterocycles. The van der Waals surface area contributed by atoms with Crippen molar-refractivity contribution in [2.45, 2.75) is 25.9 Å². The number of carbonyl (C=O) groups excluding carboxylic acids is 2. The van der Waals surface area contributed by atoms with Crippen LogP contribution in [0.2, 0.25) is 0 Å². The first-order valence-corrected chi connectivity index (χ1v) is 11.2. The molecule has 0 aliphatic carbocycles. The Morgan fingerprint density at radius 1 is 1.06 bits per heavy atom.